The van der Waals surface area contributed by atoms with Crippen molar-refractivity contribution in [3.05, 3.63) is 71.4 Å². The molecule has 0 fully saturated rings. The van der Waals surface area contributed by atoms with Crippen LogP contribution in [0.3, 0.4) is 0 Å². The van der Waals surface area contributed by atoms with E-state index < -0.39 is 12.8 Å². The van der Waals surface area contributed by atoms with Crippen LogP contribution in [0.2, 0.25) is 0 Å². The lowest BCUT2D eigenvalue weighted by atomic mass is 9.95. The molecule has 3 heterocycles. The van der Waals surface area contributed by atoms with Crippen LogP contribution in [0.25, 0.3) is 11.3 Å². The summed E-state index contributed by atoms with van der Waals surface area (Å²) in [7, 11) is 0. The van der Waals surface area contributed by atoms with Gasteiger partial charge in [0.05, 0.1) is 41.5 Å². The summed E-state index contributed by atoms with van der Waals surface area (Å²) < 4.78 is 46.9. The number of pyridine rings is 1. The first-order valence-corrected chi connectivity index (χ1v) is 10.2. The normalized spacial score (nSPS) is 15.5. The number of nitrogens with one attached hydrogen (secondary N) is 1. The summed E-state index contributed by atoms with van der Waals surface area (Å²) in [5, 5.41) is 2.93. The van der Waals surface area contributed by atoms with Crippen molar-refractivity contribution >= 4 is 5.91 Å². The summed E-state index contributed by atoms with van der Waals surface area (Å²) in [5.41, 5.74) is 3.95. The zero-order valence-corrected chi connectivity index (χ0v) is 17.7. The van der Waals surface area contributed by atoms with Crippen LogP contribution < -0.4 is 10.1 Å². The van der Waals surface area contributed by atoms with Gasteiger partial charge in [-0.15, -0.1) is 0 Å². The van der Waals surface area contributed by atoms with Gasteiger partial charge >= 0.3 is 6.18 Å². The minimum atomic E-state index is -4.40. The molecule has 3 aromatic rings. The fourth-order valence-corrected chi connectivity index (χ4v) is 3.46. The van der Waals surface area contributed by atoms with Crippen LogP contribution in [0.15, 0.2) is 48.9 Å². The molecule has 0 saturated carbocycles. The zero-order chi connectivity index (χ0) is 23.4. The summed E-state index contributed by atoms with van der Waals surface area (Å²) in [5.74, 6) is 0.389. The molecule has 0 radical (unpaired) electrons. The van der Waals surface area contributed by atoms with Gasteiger partial charge in [0.15, 0.2) is 0 Å². The Balaban J connectivity index is 1.40. The molecule has 10 heteroatoms. The second-order valence-corrected chi connectivity index (χ2v) is 7.66. The minimum Gasteiger partial charge on any atom is -0.491 e. The Morgan fingerprint density at radius 2 is 2.00 bits per heavy atom. The van der Waals surface area contributed by atoms with Gasteiger partial charge in [-0.05, 0) is 25.1 Å². The van der Waals surface area contributed by atoms with Crippen molar-refractivity contribution in [3.63, 3.8) is 0 Å². The predicted octanol–water partition coefficient (Wildman–Crippen LogP) is 3.66. The number of amides is 1. The van der Waals surface area contributed by atoms with Crippen molar-refractivity contribution in [2.75, 3.05) is 13.2 Å². The molecule has 1 aliphatic heterocycles. The molecule has 0 saturated heterocycles. The number of ether oxygens (including phenoxy) is 2. The van der Waals surface area contributed by atoms with Gasteiger partial charge in [0.25, 0.3) is 5.91 Å². The lowest BCUT2D eigenvalue weighted by Gasteiger charge is -2.27. The number of halogens is 3. The lowest BCUT2D eigenvalue weighted by molar-refractivity contribution is -0.176. The highest BCUT2D eigenvalue weighted by molar-refractivity contribution is 5.94. The van der Waals surface area contributed by atoms with E-state index >= 15 is 0 Å². The van der Waals surface area contributed by atoms with E-state index in [0.717, 1.165) is 28.3 Å². The maximum atomic E-state index is 12.7. The molecular formula is C23H21F3N4O3. The van der Waals surface area contributed by atoms with Gasteiger partial charge < -0.3 is 14.8 Å². The van der Waals surface area contributed by atoms with Crippen molar-refractivity contribution in [2.45, 2.75) is 32.2 Å². The van der Waals surface area contributed by atoms with Crippen molar-refractivity contribution in [3.8, 4) is 17.0 Å². The zero-order valence-electron chi connectivity index (χ0n) is 17.7. The highest BCUT2D eigenvalue weighted by Crippen LogP contribution is 2.33. The van der Waals surface area contributed by atoms with Crippen LogP contribution in [-0.4, -0.2) is 46.3 Å². The van der Waals surface area contributed by atoms with E-state index in [1.165, 1.54) is 18.3 Å². The van der Waals surface area contributed by atoms with Gasteiger partial charge in [0.1, 0.15) is 19.0 Å². The predicted molar refractivity (Wildman–Crippen MR) is 113 cm³/mol. The SMILES string of the molecule is Cc1cnc(-c2cccc3c2C[C@H](NC(=O)c2ccc(COCC(F)(F)F)nc2)CO3)cn1. The fraction of sp³-hybridized carbons (Fsp3) is 0.304. The third-order valence-electron chi connectivity index (χ3n) is 5.02. The Kier molecular flexibility index (Phi) is 6.55. The number of fused-ring (bicyclic) bond motifs is 1. The summed E-state index contributed by atoms with van der Waals surface area (Å²) in [6.07, 6.45) is 0.865. The number of hydrogen-bond acceptors (Lipinski definition) is 6. The Labute approximate surface area is 188 Å². The first-order valence-electron chi connectivity index (χ1n) is 10.2. The second kappa shape index (κ2) is 9.53. The number of benzene rings is 1. The third-order valence-corrected chi connectivity index (χ3v) is 5.02. The molecule has 172 valence electrons. The van der Waals surface area contributed by atoms with E-state index in [1.54, 1.807) is 12.4 Å². The summed E-state index contributed by atoms with van der Waals surface area (Å²) in [6, 6.07) is 8.39. The molecule has 0 bridgehead atoms. The number of nitrogens with zero attached hydrogens (tertiary/aromatic N) is 3. The van der Waals surface area contributed by atoms with E-state index in [4.69, 9.17) is 4.74 Å². The Morgan fingerprint density at radius 1 is 1.15 bits per heavy atom. The largest absolute Gasteiger partial charge is 0.491 e. The fourth-order valence-electron chi connectivity index (χ4n) is 3.46. The van der Waals surface area contributed by atoms with Crippen LogP contribution in [0, 0.1) is 6.92 Å². The molecule has 0 spiro atoms. The first-order chi connectivity index (χ1) is 15.8. The number of aromatic nitrogens is 3. The number of hydrogen-bond donors (Lipinski definition) is 1. The van der Waals surface area contributed by atoms with E-state index in [-0.39, 0.29) is 24.1 Å². The third kappa shape index (κ3) is 5.83. The molecule has 1 aromatic carbocycles. The maximum absolute atomic E-state index is 12.7. The molecule has 0 aliphatic carbocycles. The Morgan fingerprint density at radius 3 is 2.70 bits per heavy atom. The summed E-state index contributed by atoms with van der Waals surface area (Å²) in [6.45, 7) is 0.525. The number of rotatable bonds is 6. The van der Waals surface area contributed by atoms with E-state index in [0.29, 0.717) is 18.7 Å². The van der Waals surface area contributed by atoms with E-state index in [1.807, 2.05) is 25.1 Å². The van der Waals surface area contributed by atoms with Crippen molar-refractivity contribution in [2.24, 2.45) is 0 Å². The highest BCUT2D eigenvalue weighted by atomic mass is 19.4. The molecule has 0 unspecified atom stereocenters. The molecule has 1 amide bonds. The van der Waals surface area contributed by atoms with E-state index in [2.05, 4.69) is 25.0 Å². The number of alkyl halides is 3. The molecule has 1 aliphatic rings. The average Bonchev–Trinajstić information content (AvgIpc) is 2.79. The summed E-state index contributed by atoms with van der Waals surface area (Å²) >= 11 is 0. The second-order valence-electron chi connectivity index (χ2n) is 7.66. The quantitative estimate of drug-likeness (QED) is 0.607. The lowest BCUT2D eigenvalue weighted by Crippen LogP contribution is -2.42. The van der Waals surface area contributed by atoms with Gasteiger partial charge in [0, 0.05) is 29.9 Å². The van der Waals surface area contributed by atoms with Gasteiger partial charge in [0.2, 0.25) is 0 Å². The first kappa shape index (κ1) is 22.7. The van der Waals surface area contributed by atoms with Crippen molar-refractivity contribution < 1.29 is 27.4 Å². The van der Waals surface area contributed by atoms with Gasteiger partial charge in [-0.3, -0.25) is 19.7 Å². The number of carbonyl (C=O) groups is 1. The molecule has 2 aromatic heterocycles. The monoisotopic (exact) mass is 458 g/mol. The minimum absolute atomic E-state index is 0.278. The topological polar surface area (TPSA) is 86.2 Å². The Bertz CT molecular complexity index is 1120. The molecule has 7 nitrogen and oxygen atoms in total. The van der Waals surface area contributed by atoms with Crippen LogP contribution in [0.5, 0.6) is 5.75 Å². The maximum Gasteiger partial charge on any atom is 0.411 e. The molecule has 4 rings (SSSR count). The van der Waals surface area contributed by atoms with Gasteiger partial charge in [-0.2, -0.15) is 13.2 Å². The molecular weight excluding hydrogens is 437 g/mol. The van der Waals surface area contributed by atoms with Crippen LogP contribution >= 0.6 is 0 Å². The highest BCUT2D eigenvalue weighted by Gasteiger charge is 2.27. The number of carbonyl (C=O) groups excluding carboxylic acids is 1. The number of aryl methyl sites for hydroxylation is 1. The average molecular weight is 458 g/mol. The Hall–Kier alpha value is -3.53. The molecule has 1 atom stereocenters. The standard InChI is InChI=1S/C23H21F3N4O3/c1-14-8-29-20(10-27-14)18-3-2-4-21-19(18)7-17(12-33-21)30-22(31)15-5-6-16(28-9-15)11-32-13-23(24,25)26/h2-6,8-10,17H,7,11-13H2,1H3,(H,30,31)/t17-/m0/s1. The smallest absolute Gasteiger partial charge is 0.411 e. The van der Waals surface area contributed by atoms with E-state index in [9.17, 15) is 18.0 Å². The molecule has 33 heavy (non-hydrogen) atoms. The van der Waals surface area contributed by atoms with Gasteiger partial charge in [-0.1, -0.05) is 12.1 Å². The molecule has 1 N–H and O–H groups in total. The van der Waals surface area contributed by atoms with Crippen molar-refractivity contribution in [1.82, 2.24) is 20.3 Å². The van der Waals surface area contributed by atoms with Crippen LogP contribution in [-0.2, 0) is 17.8 Å². The van der Waals surface area contributed by atoms with Crippen LogP contribution in [0.1, 0.15) is 27.3 Å². The van der Waals surface area contributed by atoms with Crippen molar-refractivity contribution in [1.29, 1.82) is 0 Å². The summed E-state index contributed by atoms with van der Waals surface area (Å²) in [4.78, 5) is 25.4. The van der Waals surface area contributed by atoms with Crippen LogP contribution in [0.4, 0.5) is 13.2 Å². The van der Waals surface area contributed by atoms with Gasteiger partial charge in [-0.25, -0.2) is 0 Å².